The minimum atomic E-state index is -0.0585. The average molecular weight is 364 g/mol. The van der Waals surface area contributed by atoms with Crippen molar-refractivity contribution in [3.05, 3.63) is 47.7 Å². The number of phenols is 1. The van der Waals surface area contributed by atoms with Crippen LogP contribution in [-0.4, -0.2) is 46.8 Å². The molecule has 2 aliphatic carbocycles. The molecule has 5 atom stereocenters. The fourth-order valence-electron chi connectivity index (χ4n) is 6.38. The maximum absolute atomic E-state index is 10.5. The highest BCUT2D eigenvalue weighted by molar-refractivity contribution is 5.60. The average Bonchev–Trinajstić information content (AvgIpc) is 3.04. The van der Waals surface area contributed by atoms with Crippen molar-refractivity contribution in [2.24, 2.45) is 5.92 Å². The lowest BCUT2D eigenvalue weighted by atomic mass is 9.51. The van der Waals surface area contributed by atoms with Crippen LogP contribution in [0, 0.1) is 5.92 Å². The number of benzene rings is 1. The maximum Gasteiger partial charge on any atom is 0.213 e. The largest absolute Gasteiger partial charge is 0.504 e. The van der Waals surface area contributed by atoms with Crippen LogP contribution in [0.1, 0.15) is 30.4 Å². The number of rotatable bonds is 2. The Morgan fingerprint density at radius 2 is 2.19 bits per heavy atom. The van der Waals surface area contributed by atoms with Gasteiger partial charge in [-0.25, -0.2) is 4.98 Å². The maximum atomic E-state index is 10.5. The molecule has 6 rings (SSSR count). The summed E-state index contributed by atoms with van der Waals surface area (Å²) in [5, 5.41) is 10.5. The third-order valence-corrected chi connectivity index (χ3v) is 7.45. The lowest BCUT2D eigenvalue weighted by molar-refractivity contribution is -0.0922. The number of hydrogen-bond acceptors (Lipinski definition) is 5. The molecule has 2 aliphatic heterocycles. The minimum absolute atomic E-state index is 0.0436. The quantitative estimate of drug-likeness (QED) is 0.888. The van der Waals surface area contributed by atoms with E-state index < -0.39 is 0 Å². The summed E-state index contributed by atoms with van der Waals surface area (Å²) in [6, 6.07) is 10.2. The molecule has 4 aliphatic rings. The highest BCUT2D eigenvalue weighted by atomic mass is 16.6. The van der Waals surface area contributed by atoms with Crippen LogP contribution >= 0.6 is 0 Å². The highest BCUT2D eigenvalue weighted by Gasteiger charge is 2.66. The molecule has 2 fully saturated rings. The smallest absolute Gasteiger partial charge is 0.213 e. The zero-order valence-corrected chi connectivity index (χ0v) is 15.5. The number of aromatic hydroxyl groups is 1. The fourth-order valence-corrected chi connectivity index (χ4v) is 6.38. The first-order valence-corrected chi connectivity index (χ1v) is 9.98. The van der Waals surface area contributed by atoms with Crippen LogP contribution in [0.4, 0.5) is 0 Å². The molecule has 1 N–H and O–H groups in total. The molecule has 27 heavy (non-hydrogen) atoms. The van der Waals surface area contributed by atoms with Crippen LogP contribution in [0.25, 0.3) is 0 Å². The number of piperidine rings is 1. The molecule has 140 valence electrons. The summed E-state index contributed by atoms with van der Waals surface area (Å²) in [5.41, 5.74) is 2.57. The molecule has 2 bridgehead atoms. The number of phenolic OH excluding ortho intramolecular Hbond substituents is 1. The zero-order chi connectivity index (χ0) is 18.2. The molecule has 2 aromatic rings. The molecule has 1 spiro atoms. The predicted octanol–water partition coefficient (Wildman–Crippen LogP) is 2.90. The van der Waals surface area contributed by atoms with E-state index in [2.05, 4.69) is 23.0 Å². The number of likely N-dealkylation sites (tertiary alicyclic amines) is 1. The van der Waals surface area contributed by atoms with Crippen LogP contribution in [0.5, 0.6) is 17.4 Å². The van der Waals surface area contributed by atoms with Gasteiger partial charge in [-0.1, -0.05) is 12.1 Å². The van der Waals surface area contributed by atoms with Crippen molar-refractivity contribution in [2.75, 3.05) is 13.6 Å². The van der Waals surface area contributed by atoms with Gasteiger partial charge >= 0.3 is 0 Å². The van der Waals surface area contributed by atoms with Gasteiger partial charge in [-0.15, -0.1) is 0 Å². The summed E-state index contributed by atoms with van der Waals surface area (Å²) in [5.74, 6) is 2.19. The first-order chi connectivity index (χ1) is 13.2. The van der Waals surface area contributed by atoms with E-state index in [9.17, 15) is 5.11 Å². The number of ether oxygens (including phenoxy) is 2. The SMILES string of the molecule is CN1CC[C@]23c4c5ccc(O)c4OC2[C@@H](Oc2ccccn2)CC[C@H]3[C@H]1C5. The Labute approximate surface area is 158 Å². The van der Waals surface area contributed by atoms with Crippen molar-refractivity contribution in [2.45, 2.75) is 49.3 Å². The molecular formula is C22H24N2O3. The third-order valence-electron chi connectivity index (χ3n) is 7.45. The summed E-state index contributed by atoms with van der Waals surface area (Å²) >= 11 is 0. The van der Waals surface area contributed by atoms with E-state index >= 15 is 0 Å². The number of nitrogens with zero attached hydrogens (tertiary/aromatic N) is 2. The summed E-state index contributed by atoms with van der Waals surface area (Å²) in [6.45, 7) is 1.06. The van der Waals surface area contributed by atoms with Gasteiger partial charge in [0.1, 0.15) is 12.2 Å². The number of likely N-dealkylation sites (N-methyl/N-ethyl adjacent to an activating group) is 1. The van der Waals surface area contributed by atoms with Crippen molar-refractivity contribution >= 4 is 0 Å². The van der Waals surface area contributed by atoms with Crippen molar-refractivity contribution < 1.29 is 14.6 Å². The van der Waals surface area contributed by atoms with E-state index in [0.717, 1.165) is 32.2 Å². The topological polar surface area (TPSA) is 54.8 Å². The second-order valence-corrected chi connectivity index (χ2v) is 8.54. The van der Waals surface area contributed by atoms with Crippen molar-refractivity contribution in [3.8, 4) is 17.4 Å². The molecule has 1 aromatic carbocycles. The Balaban J connectivity index is 1.49. The van der Waals surface area contributed by atoms with Crippen LogP contribution in [0.15, 0.2) is 36.5 Å². The molecule has 1 saturated carbocycles. The van der Waals surface area contributed by atoms with Gasteiger partial charge in [-0.3, -0.25) is 0 Å². The highest BCUT2D eigenvalue weighted by Crippen LogP contribution is 2.63. The van der Waals surface area contributed by atoms with Gasteiger partial charge in [-0.2, -0.15) is 0 Å². The van der Waals surface area contributed by atoms with E-state index in [1.807, 2.05) is 18.2 Å². The molecule has 5 nitrogen and oxygen atoms in total. The van der Waals surface area contributed by atoms with Gasteiger partial charge in [0.15, 0.2) is 11.5 Å². The number of aromatic nitrogens is 1. The molecule has 5 heteroatoms. The second-order valence-electron chi connectivity index (χ2n) is 8.54. The summed E-state index contributed by atoms with van der Waals surface area (Å²) in [6.07, 6.45) is 5.85. The Morgan fingerprint density at radius 3 is 3.04 bits per heavy atom. The summed E-state index contributed by atoms with van der Waals surface area (Å²) in [7, 11) is 2.26. The van der Waals surface area contributed by atoms with Gasteiger partial charge in [-0.05, 0) is 62.9 Å². The monoisotopic (exact) mass is 364 g/mol. The van der Waals surface area contributed by atoms with Gasteiger partial charge in [0.25, 0.3) is 0 Å². The molecule has 1 aromatic heterocycles. The molecule has 3 heterocycles. The van der Waals surface area contributed by atoms with E-state index in [1.54, 1.807) is 12.3 Å². The van der Waals surface area contributed by atoms with Gasteiger partial charge in [0.2, 0.25) is 5.88 Å². The van der Waals surface area contributed by atoms with Gasteiger partial charge in [0.05, 0.1) is 0 Å². The minimum Gasteiger partial charge on any atom is -0.504 e. The summed E-state index contributed by atoms with van der Waals surface area (Å²) < 4.78 is 12.8. The Kier molecular flexibility index (Phi) is 3.14. The van der Waals surface area contributed by atoms with E-state index in [4.69, 9.17) is 9.47 Å². The van der Waals surface area contributed by atoms with Gasteiger partial charge in [0, 0.05) is 29.3 Å². The number of hydrogen-bond donors (Lipinski definition) is 1. The lowest BCUT2D eigenvalue weighted by Gasteiger charge is -2.58. The molecule has 1 saturated heterocycles. The second kappa shape index (κ2) is 5.38. The van der Waals surface area contributed by atoms with Crippen LogP contribution in [0.2, 0.25) is 0 Å². The van der Waals surface area contributed by atoms with Crippen LogP contribution in [0.3, 0.4) is 0 Å². The Morgan fingerprint density at radius 1 is 1.26 bits per heavy atom. The standard InChI is InChI=1S/C22H24N2O3/c1-24-11-9-22-14-6-8-17(26-18-4-2-3-10-23-18)21(22)27-20-16(25)7-5-13(19(20)22)12-15(14)24/h2-5,7,10,14-15,17,21,25H,6,8-9,11-12H2,1H3/t14-,15+,17-,21?,22-/m0/s1. The summed E-state index contributed by atoms with van der Waals surface area (Å²) in [4.78, 5) is 6.89. The first-order valence-electron chi connectivity index (χ1n) is 9.98. The fraction of sp³-hybridized carbons (Fsp3) is 0.500. The molecule has 0 amide bonds. The normalized spacial score (nSPS) is 36.0. The Bertz CT molecular complexity index is 902. The Hall–Kier alpha value is -2.27. The van der Waals surface area contributed by atoms with E-state index in [-0.39, 0.29) is 23.4 Å². The van der Waals surface area contributed by atoms with Crippen molar-refractivity contribution in [3.63, 3.8) is 0 Å². The van der Waals surface area contributed by atoms with E-state index in [0.29, 0.717) is 23.6 Å². The third kappa shape index (κ3) is 1.95. The van der Waals surface area contributed by atoms with E-state index in [1.165, 1.54) is 11.1 Å². The van der Waals surface area contributed by atoms with Crippen LogP contribution < -0.4 is 9.47 Å². The predicted molar refractivity (Wildman–Crippen MR) is 100 cm³/mol. The van der Waals surface area contributed by atoms with Gasteiger partial charge < -0.3 is 19.5 Å². The molecule has 0 radical (unpaired) electrons. The number of pyridine rings is 1. The first kappa shape index (κ1) is 15.8. The lowest BCUT2D eigenvalue weighted by Crippen LogP contribution is -2.66. The van der Waals surface area contributed by atoms with Crippen molar-refractivity contribution in [1.82, 2.24) is 9.88 Å². The molecule has 1 unspecified atom stereocenters. The van der Waals surface area contributed by atoms with Crippen molar-refractivity contribution in [1.29, 1.82) is 0 Å². The van der Waals surface area contributed by atoms with Crippen LogP contribution in [-0.2, 0) is 11.8 Å². The zero-order valence-electron chi connectivity index (χ0n) is 15.5. The molecular weight excluding hydrogens is 340 g/mol.